The highest BCUT2D eigenvalue weighted by molar-refractivity contribution is 7.12. The first-order chi connectivity index (χ1) is 10.7. The van der Waals surface area contributed by atoms with E-state index in [1.165, 1.54) is 22.7 Å². The van der Waals surface area contributed by atoms with Crippen molar-refractivity contribution in [3.8, 4) is 0 Å². The zero-order chi connectivity index (χ0) is 15.4. The van der Waals surface area contributed by atoms with Crippen LogP contribution in [0.1, 0.15) is 45.0 Å². The van der Waals surface area contributed by atoms with Crippen molar-refractivity contribution in [2.24, 2.45) is 0 Å². The molecule has 22 heavy (non-hydrogen) atoms. The highest BCUT2D eigenvalue weighted by Crippen LogP contribution is 2.21. The first-order valence-corrected chi connectivity index (χ1v) is 9.19. The smallest absolute Gasteiger partial charge is 0.261 e. The van der Waals surface area contributed by atoms with Crippen LogP contribution in [0.2, 0.25) is 0 Å². The normalized spacial score (nSPS) is 21.3. The molecule has 2 amide bonds. The lowest BCUT2D eigenvalue weighted by atomic mass is 9.90. The van der Waals surface area contributed by atoms with Crippen LogP contribution in [0.25, 0.3) is 0 Å². The number of hydrogen-bond donors (Lipinski definition) is 2. The minimum atomic E-state index is -0.0442. The minimum absolute atomic E-state index is 0.00672. The monoisotopic (exact) mass is 334 g/mol. The van der Waals surface area contributed by atoms with Crippen molar-refractivity contribution in [3.05, 3.63) is 44.8 Å². The molecule has 0 unspecified atom stereocenters. The van der Waals surface area contributed by atoms with E-state index in [-0.39, 0.29) is 23.9 Å². The number of thiophene rings is 2. The Morgan fingerprint density at radius 1 is 0.864 bits per heavy atom. The Labute approximate surface area is 137 Å². The molecule has 4 nitrogen and oxygen atoms in total. The van der Waals surface area contributed by atoms with Crippen molar-refractivity contribution in [2.45, 2.75) is 37.8 Å². The Kier molecular flexibility index (Phi) is 4.90. The molecule has 1 aliphatic carbocycles. The van der Waals surface area contributed by atoms with E-state index < -0.39 is 0 Å². The van der Waals surface area contributed by atoms with E-state index in [0.29, 0.717) is 9.75 Å². The van der Waals surface area contributed by atoms with Gasteiger partial charge in [-0.3, -0.25) is 9.59 Å². The van der Waals surface area contributed by atoms with Gasteiger partial charge in [-0.15, -0.1) is 22.7 Å². The van der Waals surface area contributed by atoms with Crippen LogP contribution >= 0.6 is 22.7 Å². The van der Waals surface area contributed by atoms with Crippen LogP contribution in [0.5, 0.6) is 0 Å². The molecule has 1 aliphatic rings. The molecule has 2 aromatic heterocycles. The van der Waals surface area contributed by atoms with Gasteiger partial charge in [0.25, 0.3) is 11.8 Å². The zero-order valence-electron chi connectivity index (χ0n) is 12.1. The van der Waals surface area contributed by atoms with E-state index in [9.17, 15) is 9.59 Å². The van der Waals surface area contributed by atoms with Gasteiger partial charge in [0.2, 0.25) is 0 Å². The van der Waals surface area contributed by atoms with Gasteiger partial charge in [-0.1, -0.05) is 25.0 Å². The van der Waals surface area contributed by atoms with Gasteiger partial charge in [-0.05, 0) is 35.7 Å². The Bertz CT molecular complexity index is 566. The average molecular weight is 334 g/mol. The SMILES string of the molecule is O=C(N[C@H]1CCCC[C@H]1NC(=O)c1cccs1)c1cccs1. The van der Waals surface area contributed by atoms with Crippen molar-refractivity contribution in [3.63, 3.8) is 0 Å². The number of amides is 2. The van der Waals surface area contributed by atoms with E-state index in [1.807, 2.05) is 35.0 Å². The average Bonchev–Trinajstić information content (AvgIpc) is 3.23. The minimum Gasteiger partial charge on any atom is -0.347 e. The van der Waals surface area contributed by atoms with Crippen LogP contribution in [0.15, 0.2) is 35.0 Å². The van der Waals surface area contributed by atoms with Crippen LogP contribution in [-0.4, -0.2) is 23.9 Å². The standard InChI is InChI=1S/C16H18N2O2S2/c19-15(13-7-3-9-21-13)17-11-5-1-2-6-12(11)18-16(20)14-8-4-10-22-14/h3-4,7-12H,1-2,5-6H2,(H,17,19)(H,18,20)/t11-,12+. The predicted octanol–water partition coefficient (Wildman–Crippen LogP) is 3.28. The summed E-state index contributed by atoms with van der Waals surface area (Å²) in [6.07, 6.45) is 3.99. The molecule has 0 spiro atoms. The summed E-state index contributed by atoms with van der Waals surface area (Å²) in [6.45, 7) is 0. The molecule has 0 aliphatic heterocycles. The number of rotatable bonds is 4. The molecule has 116 valence electrons. The van der Waals surface area contributed by atoms with Gasteiger partial charge in [-0.2, -0.15) is 0 Å². The third kappa shape index (κ3) is 3.56. The zero-order valence-corrected chi connectivity index (χ0v) is 13.7. The molecule has 0 radical (unpaired) electrons. The van der Waals surface area contributed by atoms with Crippen LogP contribution in [0, 0.1) is 0 Å². The molecule has 3 rings (SSSR count). The fraction of sp³-hybridized carbons (Fsp3) is 0.375. The summed E-state index contributed by atoms with van der Waals surface area (Å²) in [5.74, 6) is -0.0884. The molecule has 2 heterocycles. The first-order valence-electron chi connectivity index (χ1n) is 7.43. The summed E-state index contributed by atoms with van der Waals surface area (Å²) in [7, 11) is 0. The fourth-order valence-electron chi connectivity index (χ4n) is 2.77. The molecule has 6 heteroatoms. The van der Waals surface area contributed by atoms with Crippen molar-refractivity contribution < 1.29 is 9.59 Å². The summed E-state index contributed by atoms with van der Waals surface area (Å²) in [5, 5.41) is 9.95. The van der Waals surface area contributed by atoms with Gasteiger partial charge in [-0.25, -0.2) is 0 Å². The van der Waals surface area contributed by atoms with Crippen molar-refractivity contribution in [2.75, 3.05) is 0 Å². The predicted molar refractivity (Wildman–Crippen MR) is 89.6 cm³/mol. The summed E-state index contributed by atoms with van der Waals surface area (Å²) < 4.78 is 0. The van der Waals surface area contributed by atoms with E-state index in [1.54, 1.807) is 0 Å². The molecular weight excluding hydrogens is 316 g/mol. The van der Waals surface area contributed by atoms with Crippen molar-refractivity contribution >= 4 is 34.5 Å². The summed E-state index contributed by atoms with van der Waals surface area (Å²) >= 11 is 2.87. The summed E-state index contributed by atoms with van der Waals surface area (Å²) in [4.78, 5) is 25.9. The van der Waals surface area contributed by atoms with Crippen LogP contribution in [0.4, 0.5) is 0 Å². The second-order valence-corrected chi connectivity index (χ2v) is 7.29. The Hall–Kier alpha value is -1.66. The quantitative estimate of drug-likeness (QED) is 0.901. The lowest BCUT2D eigenvalue weighted by molar-refractivity contribution is 0.0867. The lowest BCUT2D eigenvalue weighted by Gasteiger charge is -2.32. The van der Waals surface area contributed by atoms with Crippen LogP contribution in [-0.2, 0) is 0 Å². The third-order valence-corrected chi connectivity index (χ3v) is 5.63. The van der Waals surface area contributed by atoms with E-state index in [2.05, 4.69) is 10.6 Å². The maximum absolute atomic E-state index is 12.2. The second kappa shape index (κ2) is 7.07. The van der Waals surface area contributed by atoms with E-state index in [4.69, 9.17) is 0 Å². The van der Waals surface area contributed by atoms with E-state index >= 15 is 0 Å². The van der Waals surface area contributed by atoms with Gasteiger partial charge in [0, 0.05) is 12.1 Å². The summed E-state index contributed by atoms with van der Waals surface area (Å²) in [6, 6.07) is 7.40. The van der Waals surface area contributed by atoms with Gasteiger partial charge >= 0.3 is 0 Å². The Morgan fingerprint density at radius 2 is 1.32 bits per heavy atom. The molecule has 1 saturated carbocycles. The Morgan fingerprint density at radius 3 is 1.68 bits per heavy atom. The number of carbonyl (C=O) groups excluding carboxylic acids is 2. The number of carbonyl (C=O) groups is 2. The molecular formula is C16H18N2O2S2. The third-order valence-electron chi connectivity index (χ3n) is 3.89. The fourth-order valence-corrected chi connectivity index (χ4v) is 4.02. The van der Waals surface area contributed by atoms with Crippen LogP contribution in [0.3, 0.4) is 0 Å². The van der Waals surface area contributed by atoms with Crippen LogP contribution < -0.4 is 10.6 Å². The molecule has 2 atom stereocenters. The first kappa shape index (κ1) is 15.2. The highest BCUT2D eigenvalue weighted by atomic mass is 32.1. The van der Waals surface area contributed by atoms with Gasteiger partial charge in [0.05, 0.1) is 9.75 Å². The number of hydrogen-bond acceptors (Lipinski definition) is 4. The molecule has 1 fully saturated rings. The van der Waals surface area contributed by atoms with E-state index in [0.717, 1.165) is 25.7 Å². The molecule has 2 aromatic rings. The maximum Gasteiger partial charge on any atom is 0.261 e. The highest BCUT2D eigenvalue weighted by Gasteiger charge is 2.28. The molecule has 0 bridgehead atoms. The van der Waals surface area contributed by atoms with Crippen molar-refractivity contribution in [1.82, 2.24) is 10.6 Å². The molecule has 2 N–H and O–H groups in total. The number of nitrogens with one attached hydrogen (secondary N) is 2. The topological polar surface area (TPSA) is 58.2 Å². The maximum atomic E-state index is 12.2. The molecule has 0 saturated heterocycles. The van der Waals surface area contributed by atoms with Crippen molar-refractivity contribution in [1.29, 1.82) is 0 Å². The van der Waals surface area contributed by atoms with Gasteiger partial charge in [0.1, 0.15) is 0 Å². The van der Waals surface area contributed by atoms with Gasteiger partial charge in [0.15, 0.2) is 0 Å². The lowest BCUT2D eigenvalue weighted by Crippen LogP contribution is -2.53. The van der Waals surface area contributed by atoms with Gasteiger partial charge < -0.3 is 10.6 Å². The second-order valence-electron chi connectivity index (χ2n) is 5.40. The molecule has 0 aromatic carbocycles. The summed E-state index contributed by atoms with van der Waals surface area (Å²) in [5.41, 5.74) is 0. The largest absolute Gasteiger partial charge is 0.347 e. The Balaban J connectivity index is 1.63.